The van der Waals surface area contributed by atoms with Gasteiger partial charge < -0.3 is 14.2 Å². The lowest BCUT2D eigenvalue weighted by Crippen LogP contribution is -2.48. The summed E-state index contributed by atoms with van der Waals surface area (Å²) in [5, 5.41) is 0. The van der Waals surface area contributed by atoms with E-state index in [4.69, 9.17) is 14.2 Å². The standard InChI is InChI=1S/C22H33NO5/c1-21(2,3)27-19(24)23(20(25)28-22(4,5)6)14-17-12-18(13-17)26-15-16-10-8-7-9-11-16/h7-11,17-18H,12-15H2,1-6H3. The summed E-state index contributed by atoms with van der Waals surface area (Å²) in [5.41, 5.74) is -0.230. The van der Waals surface area contributed by atoms with Gasteiger partial charge in [-0.1, -0.05) is 30.3 Å². The molecule has 1 aromatic carbocycles. The van der Waals surface area contributed by atoms with Gasteiger partial charge >= 0.3 is 12.2 Å². The molecular formula is C22H33NO5. The minimum absolute atomic E-state index is 0.143. The Morgan fingerprint density at radius 1 is 0.929 bits per heavy atom. The van der Waals surface area contributed by atoms with E-state index in [1.54, 1.807) is 41.5 Å². The van der Waals surface area contributed by atoms with Gasteiger partial charge in [-0.05, 0) is 65.9 Å². The van der Waals surface area contributed by atoms with Gasteiger partial charge in [0.1, 0.15) is 11.2 Å². The van der Waals surface area contributed by atoms with Crippen LogP contribution >= 0.6 is 0 Å². The molecule has 2 amide bonds. The number of carbonyl (C=O) groups is 2. The smallest absolute Gasteiger partial charge is 0.419 e. The number of benzene rings is 1. The van der Waals surface area contributed by atoms with Crippen LogP contribution in [0, 0.1) is 5.92 Å². The first-order valence-corrected chi connectivity index (χ1v) is 9.82. The molecule has 6 nitrogen and oxygen atoms in total. The highest BCUT2D eigenvalue weighted by molar-refractivity contribution is 5.88. The molecule has 0 aliphatic heterocycles. The predicted molar refractivity (Wildman–Crippen MR) is 107 cm³/mol. The van der Waals surface area contributed by atoms with Crippen molar-refractivity contribution >= 4 is 12.2 Å². The molecular weight excluding hydrogens is 358 g/mol. The van der Waals surface area contributed by atoms with Crippen LogP contribution < -0.4 is 0 Å². The summed E-state index contributed by atoms with van der Waals surface area (Å²) in [6.07, 6.45) is 0.402. The van der Waals surface area contributed by atoms with Crippen LogP contribution in [0.4, 0.5) is 9.59 Å². The summed E-state index contributed by atoms with van der Waals surface area (Å²) in [6.45, 7) is 11.5. The number of hydrogen-bond donors (Lipinski definition) is 0. The molecule has 0 saturated heterocycles. The first kappa shape index (κ1) is 22.2. The Morgan fingerprint density at radius 3 is 1.89 bits per heavy atom. The zero-order valence-electron chi connectivity index (χ0n) is 17.9. The lowest BCUT2D eigenvalue weighted by molar-refractivity contribution is -0.0525. The number of nitrogens with zero attached hydrogens (tertiary/aromatic N) is 1. The second-order valence-electron chi connectivity index (χ2n) is 9.33. The molecule has 0 radical (unpaired) electrons. The number of carbonyl (C=O) groups excluding carboxylic acids is 2. The fourth-order valence-electron chi connectivity index (χ4n) is 2.86. The van der Waals surface area contributed by atoms with Gasteiger partial charge in [-0.3, -0.25) is 0 Å². The Kier molecular flexibility index (Phi) is 7.10. The monoisotopic (exact) mass is 391 g/mol. The Balaban J connectivity index is 1.88. The van der Waals surface area contributed by atoms with E-state index in [0.717, 1.165) is 23.3 Å². The first-order valence-electron chi connectivity index (χ1n) is 9.82. The highest BCUT2D eigenvalue weighted by Crippen LogP contribution is 2.32. The summed E-state index contributed by atoms with van der Waals surface area (Å²) in [7, 11) is 0. The van der Waals surface area contributed by atoms with Crippen molar-refractivity contribution in [1.82, 2.24) is 4.90 Å². The van der Waals surface area contributed by atoms with E-state index in [1.807, 2.05) is 30.3 Å². The Hall–Kier alpha value is -2.08. The molecule has 2 rings (SSSR count). The van der Waals surface area contributed by atoms with Crippen LogP contribution in [0.2, 0.25) is 0 Å². The average Bonchev–Trinajstić information content (AvgIpc) is 2.50. The highest BCUT2D eigenvalue weighted by atomic mass is 16.6. The van der Waals surface area contributed by atoms with Crippen molar-refractivity contribution in [1.29, 1.82) is 0 Å². The van der Waals surface area contributed by atoms with E-state index < -0.39 is 23.4 Å². The second kappa shape index (κ2) is 8.95. The molecule has 1 fully saturated rings. The lowest BCUT2D eigenvalue weighted by Gasteiger charge is -2.38. The number of rotatable bonds is 5. The van der Waals surface area contributed by atoms with Crippen LogP contribution in [0.15, 0.2) is 30.3 Å². The minimum atomic E-state index is -0.682. The van der Waals surface area contributed by atoms with Crippen LogP contribution in [0.1, 0.15) is 59.9 Å². The fourth-order valence-corrected chi connectivity index (χ4v) is 2.86. The molecule has 1 saturated carbocycles. The Morgan fingerprint density at radius 2 is 1.43 bits per heavy atom. The molecule has 0 atom stereocenters. The van der Waals surface area contributed by atoms with Crippen molar-refractivity contribution in [2.45, 2.75) is 78.3 Å². The van der Waals surface area contributed by atoms with Gasteiger partial charge in [-0.2, -0.15) is 0 Å². The molecule has 0 bridgehead atoms. The number of hydrogen-bond acceptors (Lipinski definition) is 5. The normalized spacial score (nSPS) is 19.5. The van der Waals surface area contributed by atoms with Gasteiger partial charge in [-0.25, -0.2) is 14.5 Å². The summed E-state index contributed by atoms with van der Waals surface area (Å²) in [5.74, 6) is 0.181. The van der Waals surface area contributed by atoms with E-state index >= 15 is 0 Å². The van der Waals surface area contributed by atoms with Crippen molar-refractivity contribution < 1.29 is 23.8 Å². The molecule has 0 unspecified atom stereocenters. The number of amides is 2. The first-order chi connectivity index (χ1) is 12.9. The van der Waals surface area contributed by atoms with E-state index in [2.05, 4.69) is 0 Å². The number of imide groups is 1. The van der Waals surface area contributed by atoms with Crippen molar-refractivity contribution in [3.05, 3.63) is 35.9 Å². The van der Waals surface area contributed by atoms with Gasteiger partial charge in [0.05, 0.1) is 12.7 Å². The second-order valence-corrected chi connectivity index (χ2v) is 9.33. The molecule has 0 aromatic heterocycles. The molecule has 0 spiro atoms. The van der Waals surface area contributed by atoms with E-state index in [0.29, 0.717) is 6.61 Å². The maximum atomic E-state index is 12.5. The third-order valence-corrected chi connectivity index (χ3v) is 4.19. The summed E-state index contributed by atoms with van der Waals surface area (Å²) in [6, 6.07) is 10.0. The largest absolute Gasteiger partial charge is 0.443 e. The van der Waals surface area contributed by atoms with E-state index in [1.165, 1.54) is 0 Å². The third-order valence-electron chi connectivity index (χ3n) is 4.19. The molecule has 0 N–H and O–H groups in total. The number of ether oxygens (including phenoxy) is 3. The van der Waals surface area contributed by atoms with E-state index in [9.17, 15) is 9.59 Å². The highest BCUT2D eigenvalue weighted by Gasteiger charge is 2.37. The average molecular weight is 392 g/mol. The summed E-state index contributed by atoms with van der Waals surface area (Å²) in [4.78, 5) is 26.1. The van der Waals surface area contributed by atoms with Crippen LogP contribution in [-0.2, 0) is 20.8 Å². The predicted octanol–water partition coefficient (Wildman–Crippen LogP) is 5.15. The van der Waals surface area contributed by atoms with Gasteiger partial charge in [-0.15, -0.1) is 0 Å². The van der Waals surface area contributed by atoms with Crippen molar-refractivity contribution in [2.24, 2.45) is 5.92 Å². The third kappa shape index (κ3) is 7.50. The van der Waals surface area contributed by atoms with Crippen LogP contribution in [0.25, 0.3) is 0 Å². The maximum absolute atomic E-state index is 12.5. The van der Waals surface area contributed by atoms with Crippen LogP contribution in [0.5, 0.6) is 0 Å². The lowest BCUT2D eigenvalue weighted by atomic mass is 9.82. The van der Waals surface area contributed by atoms with Gasteiger partial charge in [0.25, 0.3) is 0 Å². The van der Waals surface area contributed by atoms with Crippen molar-refractivity contribution in [2.75, 3.05) is 6.54 Å². The van der Waals surface area contributed by atoms with Crippen LogP contribution in [0.3, 0.4) is 0 Å². The zero-order chi connectivity index (χ0) is 20.9. The quantitative estimate of drug-likeness (QED) is 0.694. The molecule has 0 heterocycles. The SMILES string of the molecule is CC(C)(C)OC(=O)N(CC1CC(OCc2ccccc2)C1)C(=O)OC(C)(C)C. The topological polar surface area (TPSA) is 65.1 Å². The van der Waals surface area contributed by atoms with Gasteiger partial charge in [0, 0.05) is 6.54 Å². The van der Waals surface area contributed by atoms with Gasteiger partial charge in [0.15, 0.2) is 0 Å². The molecule has 156 valence electrons. The Labute approximate surface area is 168 Å². The minimum Gasteiger partial charge on any atom is -0.443 e. The van der Waals surface area contributed by atoms with E-state index in [-0.39, 0.29) is 18.6 Å². The van der Waals surface area contributed by atoms with Crippen LogP contribution in [-0.4, -0.2) is 40.9 Å². The summed E-state index contributed by atoms with van der Waals surface area (Å²) < 4.78 is 16.7. The molecule has 1 aliphatic carbocycles. The molecule has 28 heavy (non-hydrogen) atoms. The zero-order valence-corrected chi connectivity index (χ0v) is 17.9. The van der Waals surface area contributed by atoms with Crippen molar-refractivity contribution in [3.8, 4) is 0 Å². The summed E-state index contributed by atoms with van der Waals surface area (Å²) >= 11 is 0. The fraction of sp³-hybridized carbons (Fsp3) is 0.636. The Bertz CT molecular complexity index is 626. The molecule has 6 heteroatoms. The molecule has 1 aromatic rings. The van der Waals surface area contributed by atoms with Gasteiger partial charge in [0.2, 0.25) is 0 Å². The van der Waals surface area contributed by atoms with Crippen molar-refractivity contribution in [3.63, 3.8) is 0 Å². The maximum Gasteiger partial charge on any atom is 0.419 e. The molecule has 1 aliphatic rings.